The van der Waals surface area contributed by atoms with Crippen molar-refractivity contribution >= 4 is 11.9 Å². The lowest BCUT2D eigenvalue weighted by molar-refractivity contribution is -0.132. The van der Waals surface area contributed by atoms with Crippen LogP contribution in [-0.4, -0.2) is 44.7 Å². The highest BCUT2D eigenvalue weighted by molar-refractivity contribution is 5.90. The average molecular weight is 357 g/mol. The van der Waals surface area contributed by atoms with E-state index < -0.39 is 5.97 Å². The van der Waals surface area contributed by atoms with Crippen LogP contribution in [0.4, 0.5) is 0 Å². The highest BCUT2D eigenvalue weighted by Crippen LogP contribution is 2.21. The fraction of sp³-hybridized carbons (Fsp3) is 0.300. The Hall–Kier alpha value is -3.02. The Morgan fingerprint density at radius 2 is 1.77 bits per heavy atom. The predicted molar refractivity (Wildman–Crippen MR) is 97.5 cm³/mol. The Kier molecular flexibility index (Phi) is 6.60. The first-order chi connectivity index (χ1) is 12.5. The number of carbonyl (C=O) groups is 2. The van der Waals surface area contributed by atoms with Crippen LogP contribution in [0.25, 0.3) is 0 Å². The zero-order valence-electron chi connectivity index (χ0n) is 15.4. The number of methoxy groups -OCH3 is 2. The number of para-hydroxylation sites is 1. The fourth-order valence-electron chi connectivity index (χ4n) is 2.43. The number of hydrogen-bond donors (Lipinski definition) is 0. The van der Waals surface area contributed by atoms with Gasteiger partial charge in [0.15, 0.2) is 6.61 Å². The highest BCUT2D eigenvalue weighted by Gasteiger charge is 2.14. The summed E-state index contributed by atoms with van der Waals surface area (Å²) >= 11 is 0. The second kappa shape index (κ2) is 8.89. The lowest BCUT2D eigenvalue weighted by Gasteiger charge is -2.19. The first-order valence-electron chi connectivity index (χ1n) is 8.14. The summed E-state index contributed by atoms with van der Waals surface area (Å²) in [5, 5.41) is 0. The van der Waals surface area contributed by atoms with Crippen LogP contribution in [0.15, 0.2) is 42.5 Å². The van der Waals surface area contributed by atoms with E-state index in [9.17, 15) is 9.59 Å². The van der Waals surface area contributed by atoms with Crippen LogP contribution >= 0.6 is 0 Å². The lowest BCUT2D eigenvalue weighted by Crippen LogP contribution is -2.31. The molecular formula is C20H23NO5. The van der Waals surface area contributed by atoms with E-state index in [0.717, 1.165) is 16.9 Å². The minimum Gasteiger partial charge on any atom is -0.496 e. The highest BCUT2D eigenvalue weighted by atomic mass is 16.5. The van der Waals surface area contributed by atoms with E-state index in [-0.39, 0.29) is 12.5 Å². The maximum atomic E-state index is 12.4. The summed E-state index contributed by atoms with van der Waals surface area (Å²) in [4.78, 5) is 25.6. The number of esters is 1. The lowest BCUT2D eigenvalue weighted by atomic mass is 10.1. The van der Waals surface area contributed by atoms with Crippen molar-refractivity contribution in [1.29, 1.82) is 0 Å². The molecule has 2 rings (SSSR count). The van der Waals surface area contributed by atoms with Gasteiger partial charge < -0.3 is 19.1 Å². The van der Waals surface area contributed by atoms with Crippen LogP contribution < -0.4 is 9.47 Å². The molecule has 0 bridgehead atoms. The molecule has 0 aromatic heterocycles. The van der Waals surface area contributed by atoms with Crippen molar-refractivity contribution in [2.75, 3.05) is 27.9 Å². The van der Waals surface area contributed by atoms with Crippen molar-refractivity contribution in [2.24, 2.45) is 0 Å². The predicted octanol–water partition coefficient (Wildman–Crippen LogP) is 2.83. The Morgan fingerprint density at radius 3 is 2.46 bits per heavy atom. The molecule has 2 aromatic rings. The van der Waals surface area contributed by atoms with Gasteiger partial charge in [-0.1, -0.05) is 24.3 Å². The van der Waals surface area contributed by atoms with Gasteiger partial charge in [0.1, 0.15) is 11.5 Å². The van der Waals surface area contributed by atoms with Crippen molar-refractivity contribution in [1.82, 2.24) is 4.90 Å². The van der Waals surface area contributed by atoms with E-state index in [4.69, 9.17) is 14.2 Å². The molecule has 0 saturated heterocycles. The van der Waals surface area contributed by atoms with Crippen LogP contribution in [0.2, 0.25) is 0 Å². The number of benzene rings is 2. The third-order valence-corrected chi connectivity index (χ3v) is 3.99. The molecule has 6 nitrogen and oxygen atoms in total. The second-order valence-electron chi connectivity index (χ2n) is 5.82. The molecule has 138 valence electrons. The molecule has 0 unspecified atom stereocenters. The van der Waals surface area contributed by atoms with E-state index in [1.54, 1.807) is 37.3 Å². The van der Waals surface area contributed by atoms with E-state index in [2.05, 4.69) is 0 Å². The average Bonchev–Trinajstić information content (AvgIpc) is 2.66. The number of hydrogen-bond acceptors (Lipinski definition) is 5. The molecular weight excluding hydrogens is 334 g/mol. The number of rotatable bonds is 7. The molecule has 0 fully saturated rings. The van der Waals surface area contributed by atoms with Gasteiger partial charge in [-0.15, -0.1) is 0 Å². The molecule has 0 atom stereocenters. The van der Waals surface area contributed by atoms with Crippen molar-refractivity contribution < 1.29 is 23.8 Å². The molecule has 0 spiro atoms. The van der Waals surface area contributed by atoms with Crippen LogP contribution in [0.5, 0.6) is 11.5 Å². The number of carbonyl (C=O) groups excluding carboxylic acids is 2. The second-order valence-corrected chi connectivity index (χ2v) is 5.82. The monoisotopic (exact) mass is 357 g/mol. The smallest absolute Gasteiger partial charge is 0.337 e. The van der Waals surface area contributed by atoms with Gasteiger partial charge in [-0.05, 0) is 30.7 Å². The Balaban J connectivity index is 2.00. The summed E-state index contributed by atoms with van der Waals surface area (Å²) in [5.74, 6) is 0.579. The van der Waals surface area contributed by atoms with E-state index in [0.29, 0.717) is 17.9 Å². The summed E-state index contributed by atoms with van der Waals surface area (Å²) in [6.07, 6.45) is 0. The summed E-state index contributed by atoms with van der Waals surface area (Å²) < 4.78 is 15.6. The summed E-state index contributed by atoms with van der Waals surface area (Å²) in [7, 11) is 4.62. The normalized spacial score (nSPS) is 10.2. The standard InChI is InChI=1S/C20H23NO5/c1-14-9-10-15(20(23)25-4)11-18(14)26-13-19(22)21(2)12-16-7-5-6-8-17(16)24-3/h5-11H,12-13H2,1-4H3. The van der Waals surface area contributed by atoms with Gasteiger partial charge in [0.2, 0.25) is 0 Å². The van der Waals surface area contributed by atoms with Gasteiger partial charge in [0.05, 0.1) is 19.8 Å². The molecule has 0 heterocycles. The Morgan fingerprint density at radius 1 is 1.04 bits per heavy atom. The van der Waals surface area contributed by atoms with Crippen molar-refractivity contribution in [3.63, 3.8) is 0 Å². The van der Waals surface area contributed by atoms with Gasteiger partial charge in [-0.25, -0.2) is 4.79 Å². The third-order valence-electron chi connectivity index (χ3n) is 3.99. The number of nitrogens with zero attached hydrogens (tertiary/aromatic N) is 1. The zero-order chi connectivity index (χ0) is 19.1. The SMILES string of the molecule is COC(=O)c1ccc(C)c(OCC(=O)N(C)Cc2ccccc2OC)c1. The maximum absolute atomic E-state index is 12.4. The molecule has 0 saturated carbocycles. The maximum Gasteiger partial charge on any atom is 0.337 e. The topological polar surface area (TPSA) is 65.1 Å². The molecule has 0 aliphatic heterocycles. The van der Waals surface area contributed by atoms with Gasteiger partial charge in [0.25, 0.3) is 5.91 Å². The molecule has 2 aromatic carbocycles. The number of aryl methyl sites for hydroxylation is 1. The minimum absolute atomic E-state index is 0.128. The fourth-order valence-corrected chi connectivity index (χ4v) is 2.43. The minimum atomic E-state index is -0.450. The first-order valence-corrected chi connectivity index (χ1v) is 8.14. The van der Waals surface area contributed by atoms with E-state index in [1.807, 2.05) is 31.2 Å². The first kappa shape index (κ1) is 19.3. The molecule has 1 amide bonds. The van der Waals surface area contributed by atoms with Gasteiger partial charge in [-0.3, -0.25) is 4.79 Å². The number of ether oxygens (including phenoxy) is 3. The van der Waals surface area contributed by atoms with Crippen LogP contribution in [0, 0.1) is 6.92 Å². The van der Waals surface area contributed by atoms with Gasteiger partial charge in [-0.2, -0.15) is 0 Å². The molecule has 0 N–H and O–H groups in total. The quantitative estimate of drug-likeness (QED) is 0.713. The zero-order valence-corrected chi connectivity index (χ0v) is 15.4. The largest absolute Gasteiger partial charge is 0.496 e. The third kappa shape index (κ3) is 4.75. The number of amides is 1. The molecule has 0 radical (unpaired) electrons. The van der Waals surface area contributed by atoms with E-state index >= 15 is 0 Å². The summed E-state index contributed by atoms with van der Waals surface area (Å²) in [6.45, 7) is 2.13. The summed E-state index contributed by atoms with van der Waals surface area (Å²) in [5.41, 5.74) is 2.12. The van der Waals surface area contributed by atoms with Crippen LogP contribution in [-0.2, 0) is 16.1 Å². The van der Waals surface area contributed by atoms with Crippen molar-refractivity contribution in [3.05, 3.63) is 59.2 Å². The van der Waals surface area contributed by atoms with Crippen LogP contribution in [0.1, 0.15) is 21.5 Å². The van der Waals surface area contributed by atoms with Crippen molar-refractivity contribution in [2.45, 2.75) is 13.5 Å². The summed E-state index contributed by atoms with van der Waals surface area (Å²) in [6, 6.07) is 12.5. The van der Waals surface area contributed by atoms with Gasteiger partial charge >= 0.3 is 5.97 Å². The molecule has 26 heavy (non-hydrogen) atoms. The Bertz CT molecular complexity index is 788. The molecule has 6 heteroatoms. The Labute approximate surface area is 153 Å². The van der Waals surface area contributed by atoms with E-state index in [1.165, 1.54) is 7.11 Å². The number of likely N-dealkylation sites (N-methyl/N-ethyl adjacent to an activating group) is 1. The van der Waals surface area contributed by atoms with Crippen LogP contribution in [0.3, 0.4) is 0 Å². The molecule has 0 aliphatic carbocycles. The van der Waals surface area contributed by atoms with Crippen molar-refractivity contribution in [3.8, 4) is 11.5 Å². The molecule has 0 aliphatic rings. The van der Waals surface area contributed by atoms with Gasteiger partial charge in [0, 0.05) is 19.2 Å².